The topological polar surface area (TPSA) is 142 Å². The Hall–Kier alpha value is -5.68. The van der Waals surface area contributed by atoms with Gasteiger partial charge in [-0.15, -0.1) is 11.3 Å². The number of alkyl carbamates (subject to hydrolysis) is 1. The number of nitrogens with one attached hydrogen (secondary N) is 4. The zero-order chi connectivity index (χ0) is 38.7. The predicted octanol–water partition coefficient (Wildman–Crippen LogP) is 7.78. The number of fused-ring (bicyclic) bond motifs is 5. The standard InChI is InChI=1S/C39H36F4N8O4S/c1-54-38(53)47-19-33(52)50-11-3-5-29(50)36-46-18-27(49-36)21-13-24(40)34-30-14-22-12-20(26-17-45-35(48-26)25-4-2-10-44-25)6-8-28(22)51(30)37(55-31(34)15-21)32-9-7-23(56-32)16-39(41,42)43/h6-9,12-15,17-18,25,29,37,44H,2-5,10-11,16,19H2,1H3,(H,45,48)(H,46,49)(H,47,53)/t25?,29-,37?/m0/s1. The summed E-state index contributed by atoms with van der Waals surface area (Å²) < 4.78 is 69.8. The van der Waals surface area contributed by atoms with Crippen molar-refractivity contribution in [3.8, 4) is 39.5 Å². The second-order valence-corrected chi connectivity index (χ2v) is 15.4. The Kier molecular flexibility index (Phi) is 9.07. The Balaban J connectivity index is 1.08. The number of hydrogen-bond acceptors (Lipinski definition) is 8. The number of halogens is 4. The van der Waals surface area contributed by atoms with Crippen LogP contribution in [0.5, 0.6) is 5.75 Å². The minimum atomic E-state index is -4.38. The van der Waals surface area contributed by atoms with Gasteiger partial charge in [-0.05, 0) is 74.7 Å². The molecule has 0 bridgehead atoms. The molecule has 2 amide bonds. The molecule has 3 atom stereocenters. The lowest BCUT2D eigenvalue weighted by molar-refractivity contribution is -0.131. The third-order valence-corrected chi connectivity index (χ3v) is 11.7. The van der Waals surface area contributed by atoms with Gasteiger partial charge in [0.15, 0.2) is 0 Å². The number of thiophene rings is 1. The molecule has 0 radical (unpaired) electrons. The molecule has 4 N–H and O–H groups in total. The lowest BCUT2D eigenvalue weighted by Gasteiger charge is -2.30. The number of H-pyrrole nitrogens is 2. The highest BCUT2D eigenvalue weighted by atomic mass is 32.1. The number of carbonyl (C=O) groups excluding carboxylic acids is 2. The van der Waals surface area contributed by atoms with Crippen molar-refractivity contribution >= 4 is 34.2 Å². The number of aromatic nitrogens is 5. The maximum atomic E-state index is 16.5. The van der Waals surface area contributed by atoms with E-state index < -0.39 is 30.7 Å². The minimum Gasteiger partial charge on any atom is -0.464 e. The molecule has 17 heteroatoms. The quantitative estimate of drug-likeness (QED) is 0.116. The molecule has 2 unspecified atom stereocenters. The Morgan fingerprint density at radius 1 is 1.00 bits per heavy atom. The smallest absolute Gasteiger partial charge is 0.407 e. The van der Waals surface area contributed by atoms with Crippen LogP contribution in [0.1, 0.15) is 65.4 Å². The summed E-state index contributed by atoms with van der Waals surface area (Å²) in [4.78, 5) is 42.6. The fraction of sp³-hybridized carbons (Fsp3) is 0.333. The van der Waals surface area contributed by atoms with Crippen LogP contribution >= 0.6 is 11.3 Å². The van der Waals surface area contributed by atoms with E-state index in [2.05, 4.69) is 35.3 Å². The van der Waals surface area contributed by atoms with Gasteiger partial charge in [-0.25, -0.2) is 19.2 Å². The van der Waals surface area contributed by atoms with E-state index in [9.17, 15) is 22.8 Å². The van der Waals surface area contributed by atoms with Crippen molar-refractivity contribution < 1.29 is 36.6 Å². The zero-order valence-electron chi connectivity index (χ0n) is 30.0. The molecule has 7 heterocycles. The number of amides is 2. The molecule has 2 saturated heterocycles. The molecular formula is C39H36F4N8O4S. The van der Waals surface area contributed by atoms with Crippen molar-refractivity contribution in [3.63, 3.8) is 0 Å². The first-order valence-corrected chi connectivity index (χ1v) is 19.1. The van der Waals surface area contributed by atoms with Gasteiger partial charge in [0, 0.05) is 27.9 Å². The van der Waals surface area contributed by atoms with Gasteiger partial charge < -0.3 is 35.0 Å². The van der Waals surface area contributed by atoms with Gasteiger partial charge in [0.05, 0.1) is 71.0 Å². The summed E-state index contributed by atoms with van der Waals surface area (Å²) in [6.07, 6.45) is -0.227. The van der Waals surface area contributed by atoms with Crippen LogP contribution in [-0.2, 0) is 16.0 Å². The number of rotatable bonds is 8. The summed E-state index contributed by atoms with van der Waals surface area (Å²) >= 11 is 1.00. The van der Waals surface area contributed by atoms with Gasteiger partial charge in [-0.1, -0.05) is 6.07 Å². The number of imidazole rings is 2. The lowest BCUT2D eigenvalue weighted by Crippen LogP contribution is -2.40. The highest BCUT2D eigenvalue weighted by molar-refractivity contribution is 7.12. The van der Waals surface area contributed by atoms with E-state index in [-0.39, 0.29) is 40.7 Å². The molecule has 2 fully saturated rings. The lowest BCUT2D eigenvalue weighted by atomic mass is 10.0. The van der Waals surface area contributed by atoms with Crippen LogP contribution in [0, 0.1) is 5.82 Å². The van der Waals surface area contributed by atoms with Crippen molar-refractivity contribution in [3.05, 3.63) is 88.1 Å². The predicted molar refractivity (Wildman–Crippen MR) is 199 cm³/mol. The second-order valence-electron chi connectivity index (χ2n) is 14.2. The monoisotopic (exact) mass is 788 g/mol. The number of benzene rings is 2. The van der Waals surface area contributed by atoms with Gasteiger partial charge in [0.1, 0.15) is 29.8 Å². The maximum Gasteiger partial charge on any atom is 0.407 e. The molecule has 0 aliphatic carbocycles. The van der Waals surface area contributed by atoms with E-state index in [0.29, 0.717) is 40.6 Å². The van der Waals surface area contributed by atoms with E-state index in [0.717, 1.165) is 65.1 Å². The molecule has 56 heavy (non-hydrogen) atoms. The zero-order valence-corrected chi connectivity index (χ0v) is 30.8. The normalized spacial score (nSPS) is 19.2. The van der Waals surface area contributed by atoms with E-state index in [1.165, 1.54) is 19.2 Å². The van der Waals surface area contributed by atoms with Crippen LogP contribution in [0.4, 0.5) is 22.4 Å². The van der Waals surface area contributed by atoms with Gasteiger partial charge >= 0.3 is 12.3 Å². The summed E-state index contributed by atoms with van der Waals surface area (Å²) in [5.41, 5.74) is 4.10. The SMILES string of the molecule is COC(=O)NCC(=O)N1CCC[C@H]1c1ncc(-c2cc(F)c3c(c2)OC(c2ccc(CC(F)(F)F)s2)n2c-3cc3cc(-c4cnc(C5CCCN5)[nH]4)ccc32)[nH]1. The van der Waals surface area contributed by atoms with E-state index in [1.807, 2.05) is 28.8 Å². The molecule has 12 nitrogen and oxygen atoms in total. The van der Waals surface area contributed by atoms with Crippen LogP contribution in [0.25, 0.3) is 44.7 Å². The number of ether oxygens (including phenoxy) is 2. The highest BCUT2D eigenvalue weighted by Gasteiger charge is 2.36. The molecule has 2 aromatic carbocycles. The molecular weight excluding hydrogens is 753 g/mol. The van der Waals surface area contributed by atoms with E-state index in [4.69, 9.17) is 4.74 Å². The van der Waals surface area contributed by atoms with Crippen molar-refractivity contribution in [1.82, 2.24) is 40.0 Å². The van der Waals surface area contributed by atoms with Gasteiger partial charge in [0.25, 0.3) is 0 Å². The first kappa shape index (κ1) is 36.0. The summed E-state index contributed by atoms with van der Waals surface area (Å²) in [5.74, 6) is 0.745. The summed E-state index contributed by atoms with van der Waals surface area (Å²) in [5, 5.41) is 6.66. The van der Waals surface area contributed by atoms with Gasteiger partial charge in [-0.3, -0.25) is 9.36 Å². The third-order valence-electron chi connectivity index (χ3n) is 10.6. The molecule has 3 aliphatic rings. The fourth-order valence-corrected chi connectivity index (χ4v) is 9.07. The average Bonchev–Trinajstić information content (AvgIpc) is 4.02. The Bertz CT molecular complexity index is 2460. The van der Waals surface area contributed by atoms with Crippen LogP contribution in [-0.4, -0.2) is 74.3 Å². The number of alkyl halides is 3. The number of likely N-dealkylation sites (tertiary alicyclic amines) is 1. The second kappa shape index (κ2) is 14.1. The van der Waals surface area contributed by atoms with E-state index >= 15 is 4.39 Å². The molecule has 0 saturated carbocycles. The average molecular weight is 789 g/mol. The number of hydrogen-bond donors (Lipinski definition) is 4. The van der Waals surface area contributed by atoms with Crippen LogP contribution in [0.2, 0.25) is 0 Å². The van der Waals surface area contributed by atoms with Crippen LogP contribution in [0.15, 0.2) is 60.9 Å². The number of nitrogens with zero attached hydrogens (tertiary/aromatic N) is 4. The minimum absolute atomic E-state index is 0.138. The fourth-order valence-electron chi connectivity index (χ4n) is 8.01. The summed E-state index contributed by atoms with van der Waals surface area (Å²) in [6.45, 7) is 1.19. The molecule has 9 rings (SSSR count). The number of aromatic amines is 2. The first-order chi connectivity index (χ1) is 27.0. The summed E-state index contributed by atoms with van der Waals surface area (Å²) in [6, 6.07) is 13.7. The summed E-state index contributed by atoms with van der Waals surface area (Å²) in [7, 11) is 1.22. The molecule has 6 aromatic rings. The van der Waals surface area contributed by atoms with Crippen molar-refractivity contribution in [1.29, 1.82) is 0 Å². The molecule has 3 aliphatic heterocycles. The highest BCUT2D eigenvalue weighted by Crippen LogP contribution is 2.48. The largest absolute Gasteiger partial charge is 0.464 e. The molecule has 0 spiro atoms. The Morgan fingerprint density at radius 3 is 2.59 bits per heavy atom. The van der Waals surface area contributed by atoms with Crippen LogP contribution < -0.4 is 15.4 Å². The van der Waals surface area contributed by atoms with Crippen molar-refractivity contribution in [2.45, 2.75) is 56.6 Å². The maximum absolute atomic E-state index is 16.5. The van der Waals surface area contributed by atoms with Gasteiger partial charge in [0.2, 0.25) is 12.1 Å². The molecule has 290 valence electrons. The first-order valence-electron chi connectivity index (χ1n) is 18.3. The van der Waals surface area contributed by atoms with E-state index in [1.54, 1.807) is 29.4 Å². The number of carbonyl (C=O) groups is 2. The number of methoxy groups -OCH3 is 1. The Labute approximate surface area is 321 Å². The van der Waals surface area contributed by atoms with Crippen LogP contribution in [0.3, 0.4) is 0 Å². The van der Waals surface area contributed by atoms with Crippen molar-refractivity contribution in [2.24, 2.45) is 0 Å². The molecule has 4 aromatic heterocycles. The van der Waals surface area contributed by atoms with Gasteiger partial charge in [-0.2, -0.15) is 13.2 Å². The Morgan fingerprint density at radius 2 is 1.80 bits per heavy atom. The van der Waals surface area contributed by atoms with Crippen molar-refractivity contribution in [2.75, 3.05) is 26.7 Å². The third kappa shape index (κ3) is 6.67.